The molecule has 4 heterocycles. The molecule has 0 bridgehead atoms. The van der Waals surface area contributed by atoms with E-state index in [-0.39, 0.29) is 36.3 Å². The van der Waals surface area contributed by atoms with Crippen LogP contribution in [0.5, 0.6) is 5.88 Å². The van der Waals surface area contributed by atoms with E-state index in [1.54, 1.807) is 11.0 Å². The predicted molar refractivity (Wildman–Crippen MR) is 129 cm³/mol. The van der Waals surface area contributed by atoms with E-state index in [1.807, 2.05) is 19.1 Å². The average molecular weight is 515 g/mol. The highest BCUT2D eigenvalue weighted by molar-refractivity contribution is 5.77. The lowest BCUT2D eigenvalue weighted by atomic mass is 9.84. The molecule has 2 aliphatic rings. The van der Waals surface area contributed by atoms with E-state index in [1.165, 1.54) is 0 Å². The Morgan fingerprint density at radius 3 is 2.78 bits per heavy atom. The monoisotopic (exact) mass is 514 g/mol. The Kier molecular flexibility index (Phi) is 7.14. The number of benzene rings is 1. The molecule has 0 spiro atoms. The van der Waals surface area contributed by atoms with Gasteiger partial charge in [0.15, 0.2) is 17.5 Å². The smallest absolute Gasteiger partial charge is 0.224 e. The van der Waals surface area contributed by atoms with Crippen LogP contribution < -0.4 is 10.5 Å². The van der Waals surface area contributed by atoms with Gasteiger partial charge in [-0.2, -0.15) is 0 Å². The molecule has 0 radical (unpaired) electrons. The van der Waals surface area contributed by atoms with Crippen molar-refractivity contribution in [1.82, 2.24) is 24.6 Å². The van der Waals surface area contributed by atoms with Crippen molar-refractivity contribution in [2.24, 2.45) is 11.7 Å². The molecule has 0 saturated carbocycles. The topological polar surface area (TPSA) is 99.2 Å². The number of carbonyl (C=O) groups is 1. The van der Waals surface area contributed by atoms with Gasteiger partial charge in [-0.1, -0.05) is 6.07 Å². The summed E-state index contributed by atoms with van der Waals surface area (Å²) >= 11 is 0. The van der Waals surface area contributed by atoms with Gasteiger partial charge in [0.25, 0.3) is 0 Å². The Hall–Kier alpha value is -3.47. The van der Waals surface area contributed by atoms with Crippen LogP contribution in [0.15, 0.2) is 30.3 Å². The first-order chi connectivity index (χ1) is 17.8. The number of aryl methyl sites for hydroxylation is 1. The van der Waals surface area contributed by atoms with Crippen LogP contribution in [0.4, 0.5) is 13.2 Å². The summed E-state index contributed by atoms with van der Waals surface area (Å²) in [6.45, 7) is 3.53. The zero-order chi connectivity index (χ0) is 26.1. The first-order valence-electron chi connectivity index (χ1n) is 12.5. The second-order valence-corrected chi connectivity index (χ2v) is 9.62. The van der Waals surface area contributed by atoms with E-state index in [0.717, 1.165) is 31.2 Å². The summed E-state index contributed by atoms with van der Waals surface area (Å²) in [5.41, 5.74) is 6.75. The highest BCUT2D eigenvalue weighted by Gasteiger charge is 2.38. The second-order valence-electron chi connectivity index (χ2n) is 9.62. The molecule has 0 unspecified atom stereocenters. The van der Waals surface area contributed by atoms with Crippen LogP contribution in [-0.2, 0) is 17.6 Å². The molecule has 3 aromatic rings. The third-order valence-electron chi connectivity index (χ3n) is 7.14. The van der Waals surface area contributed by atoms with Crippen molar-refractivity contribution in [3.63, 3.8) is 0 Å². The Labute approximate surface area is 212 Å². The molecule has 1 amide bonds. The van der Waals surface area contributed by atoms with Gasteiger partial charge in [-0.05, 0) is 49.8 Å². The maximum atomic E-state index is 14.0. The minimum Gasteiger partial charge on any atom is -0.478 e. The second kappa shape index (κ2) is 10.5. The van der Waals surface area contributed by atoms with Crippen molar-refractivity contribution in [3.05, 3.63) is 59.2 Å². The minimum atomic E-state index is -1.25. The summed E-state index contributed by atoms with van der Waals surface area (Å²) in [5.74, 6) is -1.03. The molecule has 2 aromatic heterocycles. The van der Waals surface area contributed by atoms with E-state index in [0.29, 0.717) is 43.2 Å². The number of pyridine rings is 1. The van der Waals surface area contributed by atoms with Crippen molar-refractivity contribution in [3.8, 4) is 17.4 Å². The van der Waals surface area contributed by atoms with Gasteiger partial charge in [-0.25, -0.2) is 18.2 Å². The zero-order valence-corrected chi connectivity index (χ0v) is 20.5. The fourth-order valence-corrected chi connectivity index (χ4v) is 5.40. The summed E-state index contributed by atoms with van der Waals surface area (Å²) in [7, 11) is 0. The highest BCUT2D eigenvalue weighted by atomic mass is 19.2. The lowest BCUT2D eigenvalue weighted by Gasteiger charge is -2.42. The van der Waals surface area contributed by atoms with Crippen LogP contribution in [0.3, 0.4) is 0 Å². The summed E-state index contributed by atoms with van der Waals surface area (Å²) in [6.07, 6.45) is 2.29. The summed E-state index contributed by atoms with van der Waals surface area (Å²) < 4.78 is 48.4. The quantitative estimate of drug-likeness (QED) is 0.485. The third kappa shape index (κ3) is 5.18. The number of hydrogen-bond acceptors (Lipinski definition) is 6. The molecule has 1 saturated heterocycles. The molecule has 5 rings (SSSR count). The summed E-state index contributed by atoms with van der Waals surface area (Å²) in [5, 5.41) is 8.84. The Morgan fingerprint density at radius 2 is 1.97 bits per heavy atom. The van der Waals surface area contributed by atoms with E-state index in [2.05, 4.69) is 19.7 Å². The number of halogens is 3. The number of nitrogens with two attached hydrogens (primary N) is 1. The van der Waals surface area contributed by atoms with Gasteiger partial charge in [0.1, 0.15) is 17.3 Å². The molecule has 1 fully saturated rings. The number of nitrogens with zero attached hydrogens (tertiary/aromatic N) is 5. The van der Waals surface area contributed by atoms with E-state index >= 15 is 0 Å². The van der Waals surface area contributed by atoms with Crippen molar-refractivity contribution < 1.29 is 22.7 Å². The van der Waals surface area contributed by atoms with Crippen LogP contribution in [0.2, 0.25) is 0 Å². The first-order valence-corrected chi connectivity index (χ1v) is 12.5. The Balaban J connectivity index is 1.25. The summed E-state index contributed by atoms with van der Waals surface area (Å²) in [4.78, 5) is 19.4. The van der Waals surface area contributed by atoms with Gasteiger partial charge in [-0.15, -0.1) is 10.2 Å². The lowest BCUT2D eigenvalue weighted by Crippen LogP contribution is -2.47. The molecule has 2 N–H and O–H groups in total. The molecule has 0 aliphatic carbocycles. The third-order valence-corrected chi connectivity index (χ3v) is 7.14. The average Bonchev–Trinajstić information content (AvgIpc) is 3.32. The van der Waals surface area contributed by atoms with Gasteiger partial charge >= 0.3 is 0 Å². The molecule has 11 heteroatoms. The van der Waals surface area contributed by atoms with Crippen LogP contribution in [0, 0.1) is 23.4 Å². The number of likely N-dealkylation sites (tertiary alicyclic amines) is 1. The number of rotatable bonds is 7. The number of ether oxygens (including phenoxy) is 1. The Morgan fingerprint density at radius 1 is 1.16 bits per heavy atom. The number of carbonyl (C=O) groups excluding carboxylic acids is 1. The number of piperidine rings is 1. The fourth-order valence-electron chi connectivity index (χ4n) is 5.40. The van der Waals surface area contributed by atoms with Crippen molar-refractivity contribution in [2.75, 3.05) is 19.7 Å². The standard InChI is InChI=1S/C26H29F3N6O2/c1-2-37-24-5-3-4-21(31-24)26-33-32-23-7-6-15-14-34(9-8-22(15)35(23)26)25(36)12-17(30)10-16-11-19(28)20(29)13-18(16)27/h3-5,11,13,15,17,22H,2,6-10,12,14,30H2,1H3/t15-,17+,22+/m0/s1. The number of hydrogen-bond donors (Lipinski definition) is 1. The maximum absolute atomic E-state index is 14.0. The van der Waals surface area contributed by atoms with Crippen LogP contribution in [0.1, 0.15) is 43.6 Å². The van der Waals surface area contributed by atoms with E-state index in [9.17, 15) is 18.0 Å². The zero-order valence-electron chi connectivity index (χ0n) is 20.5. The lowest BCUT2D eigenvalue weighted by molar-refractivity contribution is -0.134. The molecule has 2 aliphatic heterocycles. The van der Waals surface area contributed by atoms with Crippen LogP contribution in [0.25, 0.3) is 11.5 Å². The largest absolute Gasteiger partial charge is 0.478 e. The molecule has 3 atom stereocenters. The fraction of sp³-hybridized carbons (Fsp3) is 0.462. The minimum absolute atomic E-state index is 0.00685. The van der Waals surface area contributed by atoms with Crippen molar-refractivity contribution in [2.45, 2.75) is 51.1 Å². The predicted octanol–water partition coefficient (Wildman–Crippen LogP) is 3.45. The van der Waals surface area contributed by atoms with Crippen LogP contribution in [-0.4, -0.2) is 56.3 Å². The van der Waals surface area contributed by atoms with Gasteiger partial charge < -0.3 is 19.9 Å². The molecule has 8 nitrogen and oxygen atoms in total. The van der Waals surface area contributed by atoms with Gasteiger partial charge in [0.2, 0.25) is 11.8 Å². The van der Waals surface area contributed by atoms with Gasteiger partial charge in [0, 0.05) is 50.1 Å². The molecule has 37 heavy (non-hydrogen) atoms. The summed E-state index contributed by atoms with van der Waals surface area (Å²) in [6, 6.07) is 6.31. The molecular weight excluding hydrogens is 485 g/mol. The Bertz CT molecular complexity index is 1300. The SMILES string of the molecule is CCOc1cccc(-c2nnc3n2[C@@H]2CCN(C(=O)C[C@H](N)Cc4cc(F)c(F)cc4F)C[C@@H]2CC3)n1. The first kappa shape index (κ1) is 25.2. The highest BCUT2D eigenvalue weighted by Crippen LogP contribution is 2.39. The molecule has 196 valence electrons. The van der Waals surface area contributed by atoms with Gasteiger partial charge in [0.05, 0.1) is 6.61 Å². The van der Waals surface area contributed by atoms with Gasteiger partial charge in [-0.3, -0.25) is 4.79 Å². The molecule has 1 aromatic carbocycles. The van der Waals surface area contributed by atoms with E-state index in [4.69, 9.17) is 10.5 Å². The number of fused-ring (bicyclic) bond motifs is 3. The van der Waals surface area contributed by atoms with Crippen molar-refractivity contribution >= 4 is 5.91 Å². The van der Waals surface area contributed by atoms with Crippen LogP contribution >= 0.6 is 0 Å². The molecular formula is C26H29F3N6O2. The maximum Gasteiger partial charge on any atom is 0.224 e. The normalized spacial score (nSPS) is 19.8. The van der Waals surface area contributed by atoms with Crippen molar-refractivity contribution in [1.29, 1.82) is 0 Å². The number of aromatic nitrogens is 4. The number of amides is 1. The van der Waals surface area contributed by atoms with E-state index < -0.39 is 23.5 Å².